The summed E-state index contributed by atoms with van der Waals surface area (Å²) >= 11 is 0. The van der Waals surface area contributed by atoms with E-state index in [1.807, 2.05) is 0 Å². The van der Waals surface area contributed by atoms with E-state index in [9.17, 15) is 4.79 Å². The summed E-state index contributed by atoms with van der Waals surface area (Å²) < 4.78 is 10.1. The minimum Gasteiger partial charge on any atom is -0.478 e. The van der Waals surface area contributed by atoms with Crippen LogP contribution in [0.1, 0.15) is 16.1 Å². The van der Waals surface area contributed by atoms with E-state index in [1.165, 1.54) is 0 Å². The maximum absolute atomic E-state index is 10.8. The quantitative estimate of drug-likeness (QED) is 0.678. The van der Waals surface area contributed by atoms with Crippen LogP contribution in [0.2, 0.25) is 0 Å². The Hall–Kier alpha value is -1.66. The fourth-order valence-electron chi connectivity index (χ4n) is 1.38. The van der Waals surface area contributed by atoms with E-state index in [1.54, 1.807) is 26.2 Å². The van der Waals surface area contributed by atoms with Crippen LogP contribution >= 0.6 is 0 Å². The summed E-state index contributed by atoms with van der Waals surface area (Å²) in [5.74, 6) is -0.317. The van der Waals surface area contributed by atoms with Gasteiger partial charge >= 0.3 is 5.97 Å². The van der Waals surface area contributed by atoms with Crippen molar-refractivity contribution in [1.82, 2.24) is 4.98 Å². The number of rotatable bonds is 8. The number of aryl methyl sites for hydroxylation is 1. The van der Waals surface area contributed by atoms with E-state index in [0.29, 0.717) is 37.9 Å². The normalized spacial score (nSPS) is 10.3. The first-order chi connectivity index (χ1) is 8.65. The number of ether oxygens (including phenoxy) is 2. The maximum Gasteiger partial charge on any atom is 0.337 e. The Labute approximate surface area is 106 Å². The van der Waals surface area contributed by atoms with Gasteiger partial charge in [0, 0.05) is 13.7 Å². The molecular formula is C12H18N2O4. The van der Waals surface area contributed by atoms with Gasteiger partial charge in [-0.15, -0.1) is 0 Å². The molecule has 0 spiro atoms. The first-order valence-electron chi connectivity index (χ1n) is 5.66. The van der Waals surface area contributed by atoms with Crippen molar-refractivity contribution < 1.29 is 19.4 Å². The van der Waals surface area contributed by atoms with Gasteiger partial charge < -0.3 is 19.9 Å². The van der Waals surface area contributed by atoms with Crippen molar-refractivity contribution in [3.63, 3.8) is 0 Å². The van der Waals surface area contributed by atoms with Crippen molar-refractivity contribution in [2.45, 2.75) is 6.92 Å². The first-order valence-corrected chi connectivity index (χ1v) is 5.66. The lowest BCUT2D eigenvalue weighted by atomic mass is 10.2. The third-order valence-corrected chi connectivity index (χ3v) is 2.30. The number of carboxylic acids is 1. The molecule has 100 valence electrons. The number of nitrogens with zero attached hydrogens (tertiary/aromatic N) is 1. The molecule has 0 aliphatic carbocycles. The molecule has 1 aromatic rings. The summed E-state index contributed by atoms with van der Waals surface area (Å²) in [6.07, 6.45) is 0. The van der Waals surface area contributed by atoms with Crippen LogP contribution < -0.4 is 5.32 Å². The molecular weight excluding hydrogens is 236 g/mol. The van der Waals surface area contributed by atoms with Gasteiger partial charge in [0.25, 0.3) is 0 Å². The molecule has 0 atom stereocenters. The Bertz CT molecular complexity index is 396. The molecule has 0 fully saturated rings. The van der Waals surface area contributed by atoms with Crippen LogP contribution in [0.4, 0.5) is 5.82 Å². The van der Waals surface area contributed by atoms with E-state index >= 15 is 0 Å². The molecule has 1 heterocycles. The number of carboxylic acid groups (broad SMARTS) is 1. The largest absolute Gasteiger partial charge is 0.478 e. The average Bonchev–Trinajstić information content (AvgIpc) is 2.33. The topological polar surface area (TPSA) is 80.7 Å². The number of hydrogen-bond donors (Lipinski definition) is 2. The minimum absolute atomic E-state index is 0.219. The lowest BCUT2D eigenvalue weighted by Crippen LogP contribution is -2.13. The van der Waals surface area contributed by atoms with Crippen LogP contribution in [0, 0.1) is 6.92 Å². The molecule has 0 radical (unpaired) electrons. The van der Waals surface area contributed by atoms with Crippen LogP contribution in [0.3, 0.4) is 0 Å². The molecule has 0 amide bonds. The van der Waals surface area contributed by atoms with Crippen LogP contribution in [0.25, 0.3) is 0 Å². The number of nitrogens with one attached hydrogen (secondary N) is 1. The van der Waals surface area contributed by atoms with Crippen LogP contribution in [-0.4, -0.2) is 49.5 Å². The van der Waals surface area contributed by atoms with Gasteiger partial charge in [0.15, 0.2) is 0 Å². The van der Waals surface area contributed by atoms with Gasteiger partial charge in [0.05, 0.1) is 31.1 Å². The van der Waals surface area contributed by atoms with Crippen LogP contribution in [-0.2, 0) is 9.47 Å². The lowest BCUT2D eigenvalue weighted by molar-refractivity contribution is 0.0695. The molecule has 2 N–H and O–H groups in total. The maximum atomic E-state index is 10.8. The second-order valence-corrected chi connectivity index (χ2v) is 3.67. The second kappa shape index (κ2) is 7.62. The fourth-order valence-corrected chi connectivity index (χ4v) is 1.38. The van der Waals surface area contributed by atoms with Gasteiger partial charge in [-0.2, -0.15) is 0 Å². The predicted octanol–water partition coefficient (Wildman–Crippen LogP) is 1.16. The number of anilines is 1. The Morgan fingerprint density at radius 1 is 1.39 bits per heavy atom. The van der Waals surface area contributed by atoms with Gasteiger partial charge in [0.1, 0.15) is 5.82 Å². The molecule has 0 aromatic carbocycles. The number of pyridine rings is 1. The Kier molecular flexibility index (Phi) is 6.10. The summed E-state index contributed by atoms with van der Waals surface area (Å²) in [5, 5.41) is 11.9. The molecule has 18 heavy (non-hydrogen) atoms. The summed E-state index contributed by atoms with van der Waals surface area (Å²) in [5.41, 5.74) is 0.713. The van der Waals surface area contributed by atoms with Gasteiger partial charge in [-0.05, 0) is 19.1 Å². The van der Waals surface area contributed by atoms with Crippen molar-refractivity contribution in [1.29, 1.82) is 0 Å². The Morgan fingerprint density at radius 2 is 2.17 bits per heavy atom. The number of aromatic carboxylic acids is 1. The third-order valence-electron chi connectivity index (χ3n) is 2.30. The van der Waals surface area contributed by atoms with Gasteiger partial charge in [-0.25, -0.2) is 9.78 Å². The monoisotopic (exact) mass is 254 g/mol. The molecule has 0 aliphatic heterocycles. The van der Waals surface area contributed by atoms with Crippen LogP contribution in [0.5, 0.6) is 0 Å². The zero-order valence-corrected chi connectivity index (χ0v) is 10.6. The SMILES string of the molecule is COCCOCCNc1ccc(C(=O)O)c(C)n1. The van der Waals surface area contributed by atoms with Crippen LogP contribution in [0.15, 0.2) is 12.1 Å². The molecule has 0 bridgehead atoms. The van der Waals surface area contributed by atoms with Gasteiger partial charge in [0.2, 0.25) is 0 Å². The number of carbonyl (C=O) groups is 1. The zero-order valence-electron chi connectivity index (χ0n) is 10.6. The van der Waals surface area contributed by atoms with E-state index < -0.39 is 5.97 Å². The number of methoxy groups -OCH3 is 1. The third kappa shape index (κ3) is 4.68. The van der Waals surface area contributed by atoms with E-state index in [2.05, 4.69) is 10.3 Å². The summed E-state index contributed by atoms with van der Waals surface area (Å²) in [6, 6.07) is 3.18. The number of hydrogen-bond acceptors (Lipinski definition) is 5. The molecule has 0 unspecified atom stereocenters. The zero-order chi connectivity index (χ0) is 13.4. The van der Waals surface area contributed by atoms with Crippen molar-refractivity contribution in [3.05, 3.63) is 23.4 Å². The first kappa shape index (κ1) is 14.4. The molecule has 0 saturated carbocycles. The smallest absolute Gasteiger partial charge is 0.337 e. The summed E-state index contributed by atoms with van der Waals surface area (Å²) in [4.78, 5) is 15.0. The molecule has 0 aliphatic rings. The highest BCUT2D eigenvalue weighted by molar-refractivity contribution is 5.89. The van der Waals surface area contributed by atoms with Crippen molar-refractivity contribution in [3.8, 4) is 0 Å². The molecule has 1 rings (SSSR count). The molecule has 1 aromatic heterocycles. The summed E-state index contributed by atoms with van der Waals surface area (Å²) in [7, 11) is 1.62. The second-order valence-electron chi connectivity index (χ2n) is 3.67. The lowest BCUT2D eigenvalue weighted by Gasteiger charge is -2.08. The van der Waals surface area contributed by atoms with Crippen molar-refractivity contribution in [2.24, 2.45) is 0 Å². The van der Waals surface area contributed by atoms with Gasteiger partial charge in [-0.3, -0.25) is 0 Å². The number of aromatic nitrogens is 1. The fraction of sp³-hybridized carbons (Fsp3) is 0.500. The predicted molar refractivity (Wildman–Crippen MR) is 67.1 cm³/mol. The average molecular weight is 254 g/mol. The highest BCUT2D eigenvalue weighted by Crippen LogP contribution is 2.10. The molecule has 6 nitrogen and oxygen atoms in total. The van der Waals surface area contributed by atoms with Crippen molar-refractivity contribution in [2.75, 3.05) is 38.8 Å². The Morgan fingerprint density at radius 3 is 2.78 bits per heavy atom. The highest BCUT2D eigenvalue weighted by atomic mass is 16.5. The summed E-state index contributed by atoms with van der Waals surface area (Å²) in [6.45, 7) is 3.96. The molecule has 0 saturated heterocycles. The van der Waals surface area contributed by atoms with Gasteiger partial charge in [-0.1, -0.05) is 0 Å². The van der Waals surface area contributed by atoms with E-state index in [-0.39, 0.29) is 5.56 Å². The molecule has 6 heteroatoms. The van der Waals surface area contributed by atoms with E-state index in [0.717, 1.165) is 0 Å². The standard InChI is InChI=1S/C12H18N2O4/c1-9-10(12(15)16)3-4-11(14-9)13-5-6-18-8-7-17-2/h3-4H,5-8H2,1-2H3,(H,13,14)(H,15,16). The van der Waals surface area contributed by atoms with Crippen molar-refractivity contribution >= 4 is 11.8 Å². The highest BCUT2D eigenvalue weighted by Gasteiger charge is 2.07. The Balaban J connectivity index is 2.35. The van der Waals surface area contributed by atoms with E-state index in [4.69, 9.17) is 14.6 Å². The minimum atomic E-state index is -0.963.